The average Bonchev–Trinajstić information content (AvgIpc) is 3.31. The largest absolute Gasteiger partial charge is 0.396 e. The standard InChI is InChI=1S/C26H24FN7/c1-14-19(11-30-21-5-7-29-25(14)21)18-10-22-20(24(28)23(18)27)12-31-26(33-22)32-17-4-3-15-6-8-34(2)13-16(15)9-17/h3-5,7,9-12,29H,6,8,13,28H2,1-2H3,(H,31,32,33). The first-order valence-electron chi connectivity index (χ1n) is 11.2. The van der Waals surface area contributed by atoms with Gasteiger partial charge in [0.15, 0.2) is 5.82 Å². The van der Waals surface area contributed by atoms with Crippen LogP contribution in [0.5, 0.6) is 0 Å². The van der Waals surface area contributed by atoms with Crippen molar-refractivity contribution in [2.75, 3.05) is 24.6 Å². The number of H-pyrrole nitrogens is 1. The van der Waals surface area contributed by atoms with Crippen molar-refractivity contribution in [1.29, 1.82) is 0 Å². The number of hydrogen-bond acceptors (Lipinski definition) is 6. The Morgan fingerprint density at radius 3 is 2.82 bits per heavy atom. The molecule has 0 amide bonds. The van der Waals surface area contributed by atoms with E-state index < -0.39 is 5.82 Å². The third-order valence-corrected chi connectivity index (χ3v) is 6.65. The van der Waals surface area contributed by atoms with E-state index in [1.165, 1.54) is 11.1 Å². The molecule has 0 radical (unpaired) electrons. The van der Waals surface area contributed by atoms with Gasteiger partial charge in [-0.2, -0.15) is 0 Å². The minimum Gasteiger partial charge on any atom is -0.396 e. The minimum atomic E-state index is -0.494. The van der Waals surface area contributed by atoms with Gasteiger partial charge in [0, 0.05) is 53.9 Å². The lowest BCUT2D eigenvalue weighted by Gasteiger charge is -2.25. The van der Waals surface area contributed by atoms with Gasteiger partial charge in [-0.3, -0.25) is 4.98 Å². The molecule has 3 aromatic heterocycles. The van der Waals surface area contributed by atoms with Crippen molar-refractivity contribution in [2.45, 2.75) is 19.9 Å². The van der Waals surface area contributed by atoms with Crippen LogP contribution >= 0.6 is 0 Å². The number of fused-ring (bicyclic) bond motifs is 3. The number of rotatable bonds is 3. The van der Waals surface area contributed by atoms with Crippen LogP contribution in [0.25, 0.3) is 33.1 Å². The molecular formula is C26H24FN7. The molecule has 0 bridgehead atoms. The smallest absolute Gasteiger partial charge is 0.227 e. The summed E-state index contributed by atoms with van der Waals surface area (Å²) >= 11 is 0. The zero-order valence-corrected chi connectivity index (χ0v) is 19.0. The summed E-state index contributed by atoms with van der Waals surface area (Å²) in [7, 11) is 2.13. The average molecular weight is 454 g/mol. The molecule has 34 heavy (non-hydrogen) atoms. The SMILES string of the molecule is Cc1c(-c2cc3nc(Nc4ccc5c(c4)CN(C)CC5)ncc3c(N)c2F)cnc2cc[nH]c12. The number of aromatic nitrogens is 4. The number of benzene rings is 2. The Labute approximate surface area is 195 Å². The van der Waals surface area contributed by atoms with Gasteiger partial charge in [-0.25, -0.2) is 14.4 Å². The summed E-state index contributed by atoms with van der Waals surface area (Å²) in [6.07, 6.45) is 6.12. The third-order valence-electron chi connectivity index (χ3n) is 6.65. The number of nitrogens with zero attached hydrogens (tertiary/aromatic N) is 4. The number of hydrogen-bond donors (Lipinski definition) is 3. The summed E-state index contributed by atoms with van der Waals surface area (Å²) in [5, 5.41) is 3.77. The van der Waals surface area contributed by atoms with Crippen LogP contribution < -0.4 is 11.1 Å². The Kier molecular flexibility index (Phi) is 4.70. The summed E-state index contributed by atoms with van der Waals surface area (Å²) < 4.78 is 15.3. The molecule has 0 spiro atoms. The molecule has 4 heterocycles. The number of nitrogens with two attached hydrogens (primary N) is 1. The van der Waals surface area contributed by atoms with Gasteiger partial charge in [-0.1, -0.05) is 6.07 Å². The van der Waals surface area contributed by atoms with E-state index in [1.54, 1.807) is 18.5 Å². The third kappa shape index (κ3) is 3.34. The highest BCUT2D eigenvalue weighted by molar-refractivity contribution is 5.96. The first-order chi connectivity index (χ1) is 16.5. The molecule has 0 atom stereocenters. The summed E-state index contributed by atoms with van der Waals surface area (Å²) in [6, 6.07) is 9.95. The van der Waals surface area contributed by atoms with E-state index in [-0.39, 0.29) is 5.69 Å². The monoisotopic (exact) mass is 453 g/mol. The van der Waals surface area contributed by atoms with Gasteiger partial charge in [0.25, 0.3) is 0 Å². The van der Waals surface area contributed by atoms with Gasteiger partial charge in [0.05, 0.1) is 22.2 Å². The van der Waals surface area contributed by atoms with Gasteiger partial charge in [0.1, 0.15) is 0 Å². The number of anilines is 3. The number of aryl methyl sites for hydroxylation is 1. The Morgan fingerprint density at radius 1 is 1.06 bits per heavy atom. The van der Waals surface area contributed by atoms with Crippen molar-refractivity contribution in [1.82, 2.24) is 24.8 Å². The van der Waals surface area contributed by atoms with Gasteiger partial charge in [-0.05, 0) is 61.3 Å². The minimum absolute atomic E-state index is 0.0295. The number of likely N-dealkylation sites (N-methyl/N-ethyl adjacent to an activating group) is 1. The Morgan fingerprint density at radius 2 is 1.94 bits per heavy atom. The normalized spacial score (nSPS) is 14.0. The molecule has 6 rings (SSSR count). The molecule has 4 N–H and O–H groups in total. The second-order valence-electron chi connectivity index (χ2n) is 8.91. The number of pyridine rings is 1. The maximum Gasteiger partial charge on any atom is 0.227 e. The van der Waals surface area contributed by atoms with Crippen molar-refractivity contribution in [3.05, 3.63) is 71.4 Å². The molecule has 8 heteroatoms. The number of nitrogen functional groups attached to an aromatic ring is 1. The van der Waals surface area contributed by atoms with Crippen LogP contribution in [0, 0.1) is 12.7 Å². The van der Waals surface area contributed by atoms with Gasteiger partial charge >= 0.3 is 0 Å². The zero-order valence-electron chi connectivity index (χ0n) is 19.0. The van der Waals surface area contributed by atoms with Crippen LogP contribution in [0.1, 0.15) is 16.7 Å². The van der Waals surface area contributed by atoms with E-state index in [0.29, 0.717) is 28.0 Å². The molecule has 1 aliphatic rings. The molecule has 0 aliphatic carbocycles. The van der Waals surface area contributed by atoms with Gasteiger partial charge in [-0.15, -0.1) is 0 Å². The second kappa shape index (κ2) is 7.78. The van der Waals surface area contributed by atoms with E-state index in [1.807, 2.05) is 25.3 Å². The highest BCUT2D eigenvalue weighted by atomic mass is 19.1. The fraction of sp³-hybridized carbons (Fsp3) is 0.192. The van der Waals surface area contributed by atoms with Crippen molar-refractivity contribution in [2.24, 2.45) is 0 Å². The highest BCUT2D eigenvalue weighted by Crippen LogP contribution is 2.35. The van der Waals surface area contributed by atoms with Crippen LogP contribution in [0.2, 0.25) is 0 Å². The maximum atomic E-state index is 15.3. The molecule has 1 aliphatic heterocycles. The highest BCUT2D eigenvalue weighted by Gasteiger charge is 2.18. The van der Waals surface area contributed by atoms with Crippen molar-refractivity contribution >= 4 is 39.3 Å². The fourth-order valence-electron chi connectivity index (χ4n) is 4.74. The van der Waals surface area contributed by atoms with Crippen molar-refractivity contribution in [3.8, 4) is 11.1 Å². The van der Waals surface area contributed by atoms with Crippen molar-refractivity contribution < 1.29 is 4.39 Å². The maximum absolute atomic E-state index is 15.3. The van der Waals surface area contributed by atoms with Gasteiger partial charge < -0.3 is 20.9 Å². The second-order valence-corrected chi connectivity index (χ2v) is 8.91. The molecule has 0 saturated heterocycles. The summed E-state index contributed by atoms with van der Waals surface area (Å²) in [5.41, 5.74) is 14.0. The van der Waals surface area contributed by atoms with Crippen LogP contribution in [-0.4, -0.2) is 38.4 Å². The molecular weight excluding hydrogens is 429 g/mol. The summed E-state index contributed by atoms with van der Waals surface area (Å²) in [5.74, 6) is -0.0605. The van der Waals surface area contributed by atoms with Crippen LogP contribution in [-0.2, 0) is 13.0 Å². The predicted octanol–water partition coefficient (Wildman–Crippen LogP) is 4.93. The van der Waals surface area contributed by atoms with E-state index >= 15 is 4.39 Å². The van der Waals surface area contributed by atoms with Crippen LogP contribution in [0.3, 0.4) is 0 Å². The summed E-state index contributed by atoms with van der Waals surface area (Å²) in [4.78, 5) is 19.0. The zero-order chi connectivity index (χ0) is 23.4. The first-order valence-corrected chi connectivity index (χ1v) is 11.2. The molecule has 7 nitrogen and oxygen atoms in total. The molecule has 2 aromatic carbocycles. The molecule has 0 unspecified atom stereocenters. The van der Waals surface area contributed by atoms with E-state index in [9.17, 15) is 0 Å². The Bertz CT molecular complexity index is 1570. The van der Waals surface area contributed by atoms with Crippen molar-refractivity contribution in [3.63, 3.8) is 0 Å². The molecule has 0 fully saturated rings. The predicted molar refractivity (Wildman–Crippen MR) is 133 cm³/mol. The first kappa shape index (κ1) is 20.6. The van der Waals surface area contributed by atoms with E-state index in [4.69, 9.17) is 5.73 Å². The Balaban J connectivity index is 1.41. The quantitative estimate of drug-likeness (QED) is 0.335. The van der Waals surface area contributed by atoms with Gasteiger partial charge in [0.2, 0.25) is 5.95 Å². The van der Waals surface area contributed by atoms with Crippen LogP contribution in [0.15, 0.2) is 48.9 Å². The number of halogens is 1. The molecule has 5 aromatic rings. The fourth-order valence-corrected chi connectivity index (χ4v) is 4.74. The van der Waals surface area contributed by atoms with E-state index in [0.717, 1.165) is 41.8 Å². The van der Waals surface area contributed by atoms with E-state index in [2.05, 4.69) is 49.3 Å². The number of nitrogens with one attached hydrogen (secondary N) is 2. The topological polar surface area (TPSA) is 95.8 Å². The summed E-state index contributed by atoms with van der Waals surface area (Å²) in [6.45, 7) is 3.93. The lowest BCUT2D eigenvalue weighted by Crippen LogP contribution is -2.26. The number of aromatic amines is 1. The lowest BCUT2D eigenvalue weighted by atomic mass is 9.99. The Hall–Kier alpha value is -4.04. The van der Waals surface area contributed by atoms with Crippen LogP contribution in [0.4, 0.5) is 21.7 Å². The molecule has 170 valence electrons. The lowest BCUT2D eigenvalue weighted by molar-refractivity contribution is 0.313. The molecule has 0 saturated carbocycles.